The zero-order valence-corrected chi connectivity index (χ0v) is 19.7. The van der Waals surface area contributed by atoms with Crippen molar-refractivity contribution in [3.05, 3.63) is 87.9 Å². The maximum Gasteiger partial charge on any atom is 0.261 e. The molecule has 3 aromatic rings. The topological polar surface area (TPSA) is 84.5 Å². The van der Waals surface area contributed by atoms with Gasteiger partial charge in [0.05, 0.1) is 27.7 Å². The highest BCUT2D eigenvalue weighted by Gasteiger charge is 2.16. The Morgan fingerprint density at radius 2 is 1.72 bits per heavy atom. The van der Waals surface area contributed by atoms with E-state index in [1.165, 1.54) is 30.3 Å². The SMILES string of the molecule is Cc1ccc(S(=O)(=O)Nc2ccc(C(=O)NCCOc3cccc(C)c3C)c(Cl)c2)cc1. The number of nitrogens with one attached hydrogen (secondary N) is 2. The molecule has 0 aromatic heterocycles. The van der Waals surface area contributed by atoms with Crippen molar-refractivity contribution in [1.82, 2.24) is 5.32 Å². The summed E-state index contributed by atoms with van der Waals surface area (Å²) in [5, 5.41) is 2.90. The van der Waals surface area contributed by atoms with Crippen molar-refractivity contribution < 1.29 is 17.9 Å². The lowest BCUT2D eigenvalue weighted by Gasteiger charge is -2.12. The third-order valence-electron chi connectivity index (χ3n) is 5.00. The molecule has 2 N–H and O–H groups in total. The number of benzene rings is 3. The van der Waals surface area contributed by atoms with Gasteiger partial charge in [-0.2, -0.15) is 0 Å². The van der Waals surface area contributed by atoms with Crippen LogP contribution in [0, 0.1) is 20.8 Å². The van der Waals surface area contributed by atoms with Crippen LogP contribution in [0.1, 0.15) is 27.0 Å². The van der Waals surface area contributed by atoms with E-state index in [9.17, 15) is 13.2 Å². The number of sulfonamides is 1. The quantitative estimate of drug-likeness (QED) is 0.458. The van der Waals surface area contributed by atoms with Gasteiger partial charge in [0.2, 0.25) is 0 Å². The predicted molar refractivity (Wildman–Crippen MR) is 127 cm³/mol. The molecular weight excluding hydrogens is 448 g/mol. The molecule has 0 aliphatic carbocycles. The minimum atomic E-state index is -3.76. The monoisotopic (exact) mass is 472 g/mol. The van der Waals surface area contributed by atoms with Crippen LogP contribution < -0.4 is 14.8 Å². The standard InChI is InChI=1S/C24H25ClN2O4S/c1-16-7-10-20(11-8-16)32(29,30)27-19-9-12-21(22(25)15-19)24(28)26-13-14-31-23-6-4-5-17(2)18(23)3/h4-12,15,27H,13-14H2,1-3H3,(H,26,28). The fraction of sp³-hybridized carbons (Fsp3) is 0.208. The summed E-state index contributed by atoms with van der Waals surface area (Å²) in [6, 6.07) is 16.7. The van der Waals surface area contributed by atoms with Crippen molar-refractivity contribution in [2.45, 2.75) is 25.7 Å². The second-order valence-electron chi connectivity index (χ2n) is 7.42. The summed E-state index contributed by atoms with van der Waals surface area (Å²) in [6.45, 7) is 6.48. The molecule has 0 bridgehead atoms. The Balaban J connectivity index is 1.58. The van der Waals surface area contributed by atoms with Crippen molar-refractivity contribution >= 4 is 33.2 Å². The number of ether oxygens (including phenoxy) is 1. The molecule has 3 aromatic carbocycles. The highest BCUT2D eigenvalue weighted by atomic mass is 35.5. The Morgan fingerprint density at radius 3 is 2.41 bits per heavy atom. The Bertz CT molecular complexity index is 1230. The van der Waals surface area contributed by atoms with E-state index < -0.39 is 10.0 Å². The largest absolute Gasteiger partial charge is 0.491 e. The average molecular weight is 473 g/mol. The van der Waals surface area contributed by atoms with Crippen LogP contribution in [0.15, 0.2) is 65.6 Å². The fourth-order valence-corrected chi connectivity index (χ4v) is 4.31. The minimum absolute atomic E-state index is 0.141. The van der Waals surface area contributed by atoms with Gasteiger partial charge < -0.3 is 10.1 Å². The Hall–Kier alpha value is -3.03. The number of carbonyl (C=O) groups is 1. The van der Waals surface area contributed by atoms with Crippen LogP contribution in [0.4, 0.5) is 5.69 Å². The van der Waals surface area contributed by atoms with Crippen LogP contribution in [0.3, 0.4) is 0 Å². The van der Waals surface area contributed by atoms with Crippen molar-refractivity contribution in [2.75, 3.05) is 17.9 Å². The lowest BCUT2D eigenvalue weighted by molar-refractivity contribution is 0.0947. The Labute approximate surface area is 193 Å². The summed E-state index contributed by atoms with van der Waals surface area (Å²) in [7, 11) is -3.76. The first-order chi connectivity index (χ1) is 15.2. The smallest absolute Gasteiger partial charge is 0.261 e. The number of hydrogen-bond acceptors (Lipinski definition) is 4. The average Bonchev–Trinajstić information content (AvgIpc) is 2.74. The molecule has 8 heteroatoms. The molecule has 0 fully saturated rings. The van der Waals surface area contributed by atoms with E-state index in [-0.39, 0.29) is 27.1 Å². The zero-order valence-electron chi connectivity index (χ0n) is 18.1. The number of halogens is 1. The Morgan fingerprint density at radius 1 is 1.00 bits per heavy atom. The number of anilines is 1. The molecule has 3 rings (SSSR count). The maximum absolute atomic E-state index is 12.5. The highest BCUT2D eigenvalue weighted by Crippen LogP contribution is 2.24. The molecule has 0 atom stereocenters. The molecule has 0 saturated heterocycles. The van der Waals surface area contributed by atoms with Crippen molar-refractivity contribution in [3.8, 4) is 5.75 Å². The maximum atomic E-state index is 12.5. The molecule has 1 amide bonds. The predicted octanol–water partition coefficient (Wildman–Crippen LogP) is 4.87. The highest BCUT2D eigenvalue weighted by molar-refractivity contribution is 7.92. The van der Waals surface area contributed by atoms with Gasteiger partial charge in [-0.05, 0) is 68.3 Å². The minimum Gasteiger partial charge on any atom is -0.491 e. The van der Waals surface area contributed by atoms with E-state index in [1.807, 2.05) is 39.0 Å². The van der Waals surface area contributed by atoms with E-state index in [2.05, 4.69) is 10.0 Å². The normalized spacial score (nSPS) is 11.1. The first-order valence-corrected chi connectivity index (χ1v) is 11.9. The van der Waals surface area contributed by atoms with E-state index >= 15 is 0 Å². The number of rotatable bonds is 8. The van der Waals surface area contributed by atoms with Gasteiger partial charge in [-0.25, -0.2) is 8.42 Å². The summed E-state index contributed by atoms with van der Waals surface area (Å²) in [6.07, 6.45) is 0. The van der Waals surface area contributed by atoms with E-state index in [4.69, 9.17) is 16.3 Å². The summed E-state index contributed by atoms with van der Waals surface area (Å²) < 4.78 is 33.3. The molecule has 0 aliphatic rings. The molecule has 0 heterocycles. The van der Waals surface area contributed by atoms with E-state index in [0.717, 1.165) is 22.4 Å². The number of aryl methyl sites for hydroxylation is 2. The van der Waals surface area contributed by atoms with Crippen LogP contribution in [0.2, 0.25) is 5.02 Å². The number of carbonyl (C=O) groups excluding carboxylic acids is 1. The molecule has 0 radical (unpaired) electrons. The summed E-state index contributed by atoms with van der Waals surface area (Å²) >= 11 is 6.24. The second-order valence-corrected chi connectivity index (χ2v) is 9.51. The van der Waals surface area contributed by atoms with E-state index in [1.54, 1.807) is 12.1 Å². The van der Waals surface area contributed by atoms with Crippen LogP contribution in [-0.4, -0.2) is 27.5 Å². The molecule has 0 saturated carbocycles. The van der Waals surface area contributed by atoms with Gasteiger partial charge in [-0.15, -0.1) is 0 Å². The third kappa shape index (κ3) is 5.81. The molecule has 168 valence electrons. The number of amides is 1. The summed E-state index contributed by atoms with van der Waals surface area (Å²) in [5.41, 5.74) is 3.67. The lowest BCUT2D eigenvalue weighted by Crippen LogP contribution is -2.28. The lowest BCUT2D eigenvalue weighted by atomic mass is 10.1. The van der Waals surface area contributed by atoms with Crippen LogP contribution >= 0.6 is 11.6 Å². The van der Waals surface area contributed by atoms with Gasteiger partial charge in [0, 0.05) is 0 Å². The van der Waals surface area contributed by atoms with Crippen molar-refractivity contribution in [3.63, 3.8) is 0 Å². The molecule has 0 spiro atoms. The van der Waals surface area contributed by atoms with Gasteiger partial charge in [-0.3, -0.25) is 9.52 Å². The van der Waals surface area contributed by atoms with Gasteiger partial charge in [-0.1, -0.05) is 41.4 Å². The molecular formula is C24H25ClN2O4S. The van der Waals surface area contributed by atoms with Crippen molar-refractivity contribution in [1.29, 1.82) is 0 Å². The van der Waals surface area contributed by atoms with Gasteiger partial charge >= 0.3 is 0 Å². The van der Waals surface area contributed by atoms with Gasteiger partial charge in [0.25, 0.3) is 15.9 Å². The molecule has 0 aliphatic heterocycles. The van der Waals surface area contributed by atoms with Gasteiger partial charge in [0.1, 0.15) is 12.4 Å². The summed E-state index contributed by atoms with van der Waals surface area (Å²) in [5.74, 6) is 0.412. The van der Waals surface area contributed by atoms with E-state index in [0.29, 0.717) is 13.2 Å². The zero-order chi connectivity index (χ0) is 23.3. The molecule has 6 nitrogen and oxygen atoms in total. The number of hydrogen-bond donors (Lipinski definition) is 2. The summed E-state index contributed by atoms with van der Waals surface area (Å²) in [4.78, 5) is 12.6. The first-order valence-electron chi connectivity index (χ1n) is 10.0. The first kappa shape index (κ1) is 23.6. The third-order valence-corrected chi connectivity index (χ3v) is 6.71. The fourth-order valence-electron chi connectivity index (χ4n) is 3.00. The van der Waals surface area contributed by atoms with Gasteiger partial charge in [0.15, 0.2) is 0 Å². The molecule has 0 unspecified atom stereocenters. The molecule has 32 heavy (non-hydrogen) atoms. The van der Waals surface area contributed by atoms with Crippen LogP contribution in [-0.2, 0) is 10.0 Å². The van der Waals surface area contributed by atoms with Crippen molar-refractivity contribution in [2.24, 2.45) is 0 Å². The Kier molecular flexibility index (Phi) is 7.43. The second kappa shape index (κ2) is 10.1. The van der Waals surface area contributed by atoms with Crippen LogP contribution in [0.25, 0.3) is 0 Å². The van der Waals surface area contributed by atoms with Crippen LogP contribution in [0.5, 0.6) is 5.75 Å².